The fraction of sp³-hybridized carbons (Fsp3) is 0.643. The van der Waals surface area contributed by atoms with E-state index in [-0.39, 0.29) is 12.0 Å². The summed E-state index contributed by atoms with van der Waals surface area (Å²) in [5.74, 6) is 0.267. The molecule has 2 saturated heterocycles. The van der Waals surface area contributed by atoms with Crippen LogP contribution in [0.15, 0.2) is 16.8 Å². The Morgan fingerprint density at radius 2 is 2.53 bits per heavy atom. The molecule has 19 heavy (non-hydrogen) atoms. The lowest BCUT2D eigenvalue weighted by molar-refractivity contribution is -0.139. The molecule has 104 valence electrons. The summed E-state index contributed by atoms with van der Waals surface area (Å²) >= 11 is 1.68. The Labute approximate surface area is 117 Å². The van der Waals surface area contributed by atoms with Gasteiger partial charge in [0, 0.05) is 19.0 Å². The fourth-order valence-electron chi connectivity index (χ4n) is 2.81. The molecule has 1 N–H and O–H groups in total. The van der Waals surface area contributed by atoms with E-state index < -0.39 is 0 Å². The van der Waals surface area contributed by atoms with Crippen LogP contribution in [0, 0.1) is 0 Å². The number of thiophene rings is 1. The molecule has 1 aromatic heterocycles. The highest BCUT2D eigenvalue weighted by Gasteiger charge is 2.27. The van der Waals surface area contributed by atoms with Crippen LogP contribution < -0.4 is 5.32 Å². The monoisotopic (exact) mass is 280 g/mol. The van der Waals surface area contributed by atoms with E-state index >= 15 is 0 Å². The van der Waals surface area contributed by atoms with Gasteiger partial charge in [-0.3, -0.25) is 4.79 Å². The molecule has 3 rings (SSSR count). The Morgan fingerprint density at radius 3 is 3.26 bits per heavy atom. The van der Waals surface area contributed by atoms with Gasteiger partial charge in [0.25, 0.3) is 0 Å². The highest BCUT2D eigenvalue weighted by molar-refractivity contribution is 7.07. The van der Waals surface area contributed by atoms with Gasteiger partial charge in [-0.2, -0.15) is 11.3 Å². The SMILES string of the molecule is O=C(CC1CCCN1)N1CCOC(c2ccsc2)C1. The summed E-state index contributed by atoms with van der Waals surface area (Å²) in [5, 5.41) is 7.55. The van der Waals surface area contributed by atoms with Crippen molar-refractivity contribution in [2.75, 3.05) is 26.2 Å². The minimum absolute atomic E-state index is 0.0560. The largest absolute Gasteiger partial charge is 0.370 e. The third-order valence-electron chi connectivity index (χ3n) is 3.92. The summed E-state index contributed by atoms with van der Waals surface area (Å²) in [7, 11) is 0. The second kappa shape index (κ2) is 6.03. The van der Waals surface area contributed by atoms with Crippen LogP contribution in [-0.2, 0) is 9.53 Å². The third kappa shape index (κ3) is 3.16. The maximum absolute atomic E-state index is 12.3. The van der Waals surface area contributed by atoms with E-state index in [2.05, 4.69) is 22.1 Å². The first-order valence-electron chi connectivity index (χ1n) is 6.98. The number of amides is 1. The Morgan fingerprint density at radius 1 is 1.58 bits per heavy atom. The van der Waals surface area contributed by atoms with Crippen LogP contribution >= 0.6 is 11.3 Å². The van der Waals surface area contributed by atoms with E-state index in [0.717, 1.165) is 19.5 Å². The van der Waals surface area contributed by atoms with E-state index in [1.54, 1.807) is 11.3 Å². The number of nitrogens with zero attached hydrogens (tertiary/aromatic N) is 1. The van der Waals surface area contributed by atoms with Gasteiger partial charge in [-0.15, -0.1) is 0 Å². The molecule has 2 aliphatic heterocycles. The van der Waals surface area contributed by atoms with Crippen LogP contribution in [0.5, 0.6) is 0 Å². The predicted molar refractivity (Wildman–Crippen MR) is 75.2 cm³/mol. The second-order valence-electron chi connectivity index (χ2n) is 5.25. The molecule has 0 aromatic carbocycles. The molecule has 2 atom stereocenters. The number of hydrogen-bond acceptors (Lipinski definition) is 4. The van der Waals surface area contributed by atoms with E-state index in [0.29, 0.717) is 25.6 Å². The summed E-state index contributed by atoms with van der Waals surface area (Å²) < 4.78 is 5.77. The van der Waals surface area contributed by atoms with Gasteiger partial charge in [0.05, 0.1) is 13.2 Å². The number of nitrogens with one attached hydrogen (secondary N) is 1. The minimum Gasteiger partial charge on any atom is -0.370 e. The molecule has 0 radical (unpaired) electrons. The first kappa shape index (κ1) is 13.1. The van der Waals surface area contributed by atoms with Gasteiger partial charge in [-0.05, 0) is 41.8 Å². The van der Waals surface area contributed by atoms with Crippen LogP contribution in [0.3, 0.4) is 0 Å². The topological polar surface area (TPSA) is 41.6 Å². The zero-order chi connectivity index (χ0) is 13.1. The van der Waals surface area contributed by atoms with Crippen LogP contribution in [0.1, 0.15) is 30.9 Å². The quantitative estimate of drug-likeness (QED) is 0.918. The van der Waals surface area contributed by atoms with E-state index in [9.17, 15) is 4.79 Å². The highest BCUT2D eigenvalue weighted by atomic mass is 32.1. The minimum atomic E-state index is 0.0560. The Bertz CT molecular complexity index is 415. The Balaban J connectivity index is 1.56. The molecular formula is C14H20N2O2S. The van der Waals surface area contributed by atoms with Gasteiger partial charge >= 0.3 is 0 Å². The van der Waals surface area contributed by atoms with Crippen LogP contribution in [0.4, 0.5) is 0 Å². The van der Waals surface area contributed by atoms with E-state index in [4.69, 9.17) is 4.74 Å². The predicted octanol–water partition coefficient (Wildman–Crippen LogP) is 1.79. The zero-order valence-electron chi connectivity index (χ0n) is 11.0. The van der Waals surface area contributed by atoms with Crippen molar-refractivity contribution in [3.63, 3.8) is 0 Å². The lowest BCUT2D eigenvalue weighted by Crippen LogP contribution is -2.44. The average molecular weight is 280 g/mol. The second-order valence-corrected chi connectivity index (χ2v) is 6.03. The fourth-order valence-corrected chi connectivity index (χ4v) is 3.51. The zero-order valence-corrected chi connectivity index (χ0v) is 11.8. The van der Waals surface area contributed by atoms with E-state index in [1.165, 1.54) is 12.0 Å². The standard InChI is InChI=1S/C14H20N2O2S/c17-14(8-12-2-1-4-15-12)16-5-6-18-13(9-16)11-3-7-19-10-11/h3,7,10,12-13,15H,1-2,4-6,8-9H2. The first-order chi connectivity index (χ1) is 9.33. The number of carbonyl (C=O) groups is 1. The Hall–Kier alpha value is -0.910. The van der Waals surface area contributed by atoms with Crippen molar-refractivity contribution in [3.05, 3.63) is 22.4 Å². The van der Waals surface area contributed by atoms with Crippen molar-refractivity contribution in [1.29, 1.82) is 0 Å². The molecule has 1 amide bonds. The number of rotatable bonds is 3. The van der Waals surface area contributed by atoms with Gasteiger partial charge in [0.1, 0.15) is 6.10 Å². The van der Waals surface area contributed by atoms with E-state index in [1.807, 2.05) is 4.90 Å². The normalized spacial score (nSPS) is 27.7. The van der Waals surface area contributed by atoms with Gasteiger partial charge < -0.3 is 15.0 Å². The summed E-state index contributed by atoms with van der Waals surface area (Å²) in [5.41, 5.74) is 1.20. The highest BCUT2D eigenvalue weighted by Crippen LogP contribution is 2.24. The molecular weight excluding hydrogens is 260 g/mol. The van der Waals surface area contributed by atoms with Gasteiger partial charge in [-0.25, -0.2) is 0 Å². The van der Waals surface area contributed by atoms with Gasteiger partial charge in [-0.1, -0.05) is 0 Å². The van der Waals surface area contributed by atoms with Crippen molar-refractivity contribution in [3.8, 4) is 0 Å². The summed E-state index contributed by atoms with van der Waals surface area (Å²) in [6.45, 7) is 3.12. The molecule has 4 nitrogen and oxygen atoms in total. The molecule has 1 aromatic rings. The summed E-state index contributed by atoms with van der Waals surface area (Å²) in [6.07, 6.45) is 3.01. The summed E-state index contributed by atoms with van der Waals surface area (Å²) in [6, 6.07) is 2.47. The van der Waals surface area contributed by atoms with Crippen LogP contribution in [0.2, 0.25) is 0 Å². The lowest BCUT2D eigenvalue weighted by Gasteiger charge is -2.33. The molecule has 0 bridgehead atoms. The van der Waals surface area contributed by atoms with Gasteiger partial charge in [0.2, 0.25) is 5.91 Å². The molecule has 2 aliphatic rings. The maximum atomic E-state index is 12.3. The van der Waals surface area contributed by atoms with Crippen LogP contribution in [-0.4, -0.2) is 43.1 Å². The molecule has 2 unspecified atom stereocenters. The molecule has 0 aliphatic carbocycles. The van der Waals surface area contributed by atoms with Crippen LogP contribution in [0.25, 0.3) is 0 Å². The van der Waals surface area contributed by atoms with Crippen molar-refractivity contribution >= 4 is 17.2 Å². The van der Waals surface area contributed by atoms with Crippen molar-refractivity contribution < 1.29 is 9.53 Å². The third-order valence-corrected chi connectivity index (χ3v) is 4.62. The maximum Gasteiger partial charge on any atom is 0.224 e. The van der Waals surface area contributed by atoms with Crippen molar-refractivity contribution in [2.45, 2.75) is 31.4 Å². The molecule has 2 fully saturated rings. The molecule has 0 spiro atoms. The smallest absolute Gasteiger partial charge is 0.224 e. The van der Waals surface area contributed by atoms with Gasteiger partial charge in [0.15, 0.2) is 0 Å². The molecule has 5 heteroatoms. The average Bonchev–Trinajstić information content (AvgIpc) is 3.12. The lowest BCUT2D eigenvalue weighted by atomic mass is 10.1. The molecule has 0 saturated carbocycles. The number of ether oxygens (including phenoxy) is 1. The number of hydrogen-bond donors (Lipinski definition) is 1. The Kier molecular flexibility index (Phi) is 4.15. The van der Waals surface area contributed by atoms with Crippen molar-refractivity contribution in [1.82, 2.24) is 10.2 Å². The van der Waals surface area contributed by atoms with Crippen molar-refractivity contribution in [2.24, 2.45) is 0 Å². The first-order valence-corrected chi connectivity index (χ1v) is 7.92. The summed E-state index contributed by atoms with van der Waals surface area (Å²) in [4.78, 5) is 14.3. The number of carbonyl (C=O) groups excluding carboxylic acids is 1. The number of morpholine rings is 1. The molecule has 3 heterocycles.